The number of rotatable bonds is 13. The van der Waals surface area contributed by atoms with Crippen molar-refractivity contribution in [2.75, 3.05) is 26.4 Å². The van der Waals surface area contributed by atoms with Crippen LogP contribution in [0.15, 0.2) is 0 Å². The van der Waals surface area contributed by atoms with Crippen molar-refractivity contribution in [3.8, 4) is 0 Å². The number of nitrogens with one attached hydrogen (secondary N) is 2. The summed E-state index contributed by atoms with van der Waals surface area (Å²) in [5.41, 5.74) is 0. The second kappa shape index (κ2) is 16.3. The first-order chi connectivity index (χ1) is 20.8. The third-order valence-electron chi connectivity index (χ3n) is 7.59. The lowest BCUT2D eigenvalue weighted by atomic mass is 9.94. The molecule has 3 rings (SSSR count). The molecule has 16 atom stereocenters. The zero-order chi connectivity index (χ0) is 32.9. The molecule has 0 aromatic carbocycles. The summed E-state index contributed by atoms with van der Waals surface area (Å²) in [7, 11) is 0. The summed E-state index contributed by atoms with van der Waals surface area (Å²) in [5, 5.41) is 95.9. The van der Waals surface area contributed by atoms with Crippen LogP contribution in [-0.4, -0.2) is 182 Å². The normalized spacial score (nSPS) is 42.5. The average Bonchev–Trinajstić information content (AvgIpc) is 3.27. The Morgan fingerprint density at radius 1 is 0.705 bits per heavy atom. The molecule has 0 aromatic rings. The Bertz CT molecular complexity index is 933. The standard InChI is InChI=1S/C25H44N2O17/c1-8-21(43-23-16(27-10(3)33)18(36)17(35)13(6-30)41-23)15(26-9(2)32)19(37)24(39-8)44-22-14(7-31)42-25(20(22)38)40-12(5-29)11(34)4-28/h8,11-25,28-31,34-38H,4-7H2,1-3H3,(H,26,32)(H,27,33)/t8-,11-,12-,13-,14-,15-,16-,17+,18-,19-,20-,21-,22-,23-,24+,25-/m1/s1. The fourth-order valence-corrected chi connectivity index (χ4v) is 5.31. The molecule has 44 heavy (non-hydrogen) atoms. The van der Waals surface area contributed by atoms with Gasteiger partial charge in [-0.3, -0.25) is 9.59 Å². The van der Waals surface area contributed by atoms with Crippen LogP contribution in [0.1, 0.15) is 20.8 Å². The Kier molecular flexibility index (Phi) is 13.6. The molecule has 256 valence electrons. The van der Waals surface area contributed by atoms with E-state index in [1.807, 2.05) is 0 Å². The molecule has 0 radical (unpaired) electrons. The largest absolute Gasteiger partial charge is 0.394 e. The van der Waals surface area contributed by atoms with Crippen molar-refractivity contribution in [3.63, 3.8) is 0 Å². The second-order valence-electron chi connectivity index (χ2n) is 10.9. The van der Waals surface area contributed by atoms with Crippen LogP contribution in [0.5, 0.6) is 0 Å². The number of aliphatic hydroxyl groups excluding tert-OH is 9. The topological polar surface area (TPSA) is 296 Å². The number of hydrogen-bond acceptors (Lipinski definition) is 17. The maximum absolute atomic E-state index is 12.1. The molecule has 3 aliphatic heterocycles. The summed E-state index contributed by atoms with van der Waals surface area (Å²) >= 11 is 0. The van der Waals surface area contributed by atoms with E-state index in [0.717, 1.165) is 13.8 Å². The smallest absolute Gasteiger partial charge is 0.217 e. The fourth-order valence-electron chi connectivity index (χ4n) is 5.31. The molecule has 3 heterocycles. The maximum Gasteiger partial charge on any atom is 0.217 e. The highest BCUT2D eigenvalue weighted by Gasteiger charge is 2.54. The Balaban J connectivity index is 1.80. The predicted octanol–water partition coefficient (Wildman–Crippen LogP) is -6.88. The van der Waals surface area contributed by atoms with Gasteiger partial charge in [0.1, 0.15) is 67.1 Å². The molecule has 3 aliphatic rings. The van der Waals surface area contributed by atoms with Crippen LogP contribution in [0.3, 0.4) is 0 Å². The van der Waals surface area contributed by atoms with Crippen molar-refractivity contribution < 1.29 is 84.0 Å². The summed E-state index contributed by atoms with van der Waals surface area (Å²) in [6, 6.07) is -2.63. The van der Waals surface area contributed by atoms with E-state index in [4.69, 9.17) is 33.5 Å². The van der Waals surface area contributed by atoms with Gasteiger partial charge >= 0.3 is 0 Å². The number of amides is 2. The first-order valence-corrected chi connectivity index (χ1v) is 14.1. The average molecular weight is 645 g/mol. The summed E-state index contributed by atoms with van der Waals surface area (Å²) < 4.78 is 34.1. The van der Waals surface area contributed by atoms with E-state index in [1.165, 1.54) is 6.92 Å². The van der Waals surface area contributed by atoms with Gasteiger partial charge in [0.25, 0.3) is 0 Å². The molecule has 3 fully saturated rings. The Morgan fingerprint density at radius 3 is 1.82 bits per heavy atom. The summed E-state index contributed by atoms with van der Waals surface area (Å²) in [6.45, 7) is 0.881. The van der Waals surface area contributed by atoms with Gasteiger partial charge in [0.2, 0.25) is 11.8 Å². The second-order valence-corrected chi connectivity index (χ2v) is 10.9. The summed E-state index contributed by atoms with van der Waals surface area (Å²) in [4.78, 5) is 24.0. The van der Waals surface area contributed by atoms with E-state index in [0.29, 0.717) is 0 Å². The van der Waals surface area contributed by atoms with Gasteiger partial charge in [0.05, 0.1) is 38.6 Å². The van der Waals surface area contributed by atoms with Crippen molar-refractivity contribution in [2.24, 2.45) is 0 Å². The lowest BCUT2D eigenvalue weighted by molar-refractivity contribution is -0.334. The van der Waals surface area contributed by atoms with Crippen molar-refractivity contribution in [2.45, 2.75) is 119 Å². The molecule has 0 unspecified atom stereocenters. The molecular formula is C25H44N2O17. The molecule has 11 N–H and O–H groups in total. The van der Waals surface area contributed by atoms with E-state index < -0.39 is 136 Å². The molecule has 19 heteroatoms. The predicted molar refractivity (Wildman–Crippen MR) is 140 cm³/mol. The number of hydrogen-bond donors (Lipinski definition) is 11. The van der Waals surface area contributed by atoms with Crippen molar-refractivity contribution in [3.05, 3.63) is 0 Å². The lowest BCUT2D eigenvalue weighted by Gasteiger charge is -2.48. The Morgan fingerprint density at radius 2 is 1.27 bits per heavy atom. The highest BCUT2D eigenvalue weighted by molar-refractivity contribution is 5.73. The first kappa shape index (κ1) is 36.8. The van der Waals surface area contributed by atoms with Crippen molar-refractivity contribution in [1.29, 1.82) is 0 Å². The van der Waals surface area contributed by atoms with Crippen LogP contribution in [0.4, 0.5) is 0 Å². The highest BCUT2D eigenvalue weighted by atomic mass is 16.8. The van der Waals surface area contributed by atoms with Gasteiger partial charge in [0, 0.05) is 13.8 Å². The third-order valence-corrected chi connectivity index (χ3v) is 7.59. The van der Waals surface area contributed by atoms with Crippen LogP contribution in [-0.2, 0) is 38.0 Å². The molecule has 0 saturated carbocycles. The molecule has 0 bridgehead atoms. The van der Waals surface area contributed by atoms with Gasteiger partial charge in [-0.15, -0.1) is 0 Å². The van der Waals surface area contributed by atoms with Crippen LogP contribution >= 0.6 is 0 Å². The van der Waals surface area contributed by atoms with Crippen LogP contribution < -0.4 is 10.6 Å². The molecule has 0 spiro atoms. The first-order valence-electron chi connectivity index (χ1n) is 14.1. The molecule has 2 amide bonds. The maximum atomic E-state index is 12.1. The number of carbonyl (C=O) groups is 2. The lowest BCUT2D eigenvalue weighted by Crippen LogP contribution is -2.69. The van der Waals surface area contributed by atoms with Gasteiger partial charge in [-0.05, 0) is 6.92 Å². The Labute approximate surface area is 252 Å². The van der Waals surface area contributed by atoms with Gasteiger partial charge < -0.3 is 85.0 Å². The van der Waals surface area contributed by atoms with E-state index in [1.54, 1.807) is 0 Å². The van der Waals surface area contributed by atoms with Gasteiger partial charge in [-0.25, -0.2) is 0 Å². The Hall–Kier alpha value is -1.66. The minimum atomic E-state index is -1.71. The molecule has 0 aromatic heterocycles. The highest BCUT2D eigenvalue weighted by Crippen LogP contribution is 2.33. The van der Waals surface area contributed by atoms with Crippen LogP contribution in [0.25, 0.3) is 0 Å². The fraction of sp³-hybridized carbons (Fsp3) is 0.920. The molecule has 0 aliphatic carbocycles. The van der Waals surface area contributed by atoms with E-state index in [2.05, 4.69) is 10.6 Å². The zero-order valence-electron chi connectivity index (χ0n) is 24.4. The molecular weight excluding hydrogens is 600 g/mol. The minimum absolute atomic E-state index is 0.602. The van der Waals surface area contributed by atoms with Crippen molar-refractivity contribution in [1.82, 2.24) is 10.6 Å². The van der Waals surface area contributed by atoms with Gasteiger partial charge in [-0.2, -0.15) is 0 Å². The van der Waals surface area contributed by atoms with Gasteiger partial charge in [0.15, 0.2) is 18.9 Å². The van der Waals surface area contributed by atoms with E-state index >= 15 is 0 Å². The number of carbonyl (C=O) groups excluding carboxylic acids is 2. The van der Waals surface area contributed by atoms with Crippen molar-refractivity contribution >= 4 is 11.8 Å². The van der Waals surface area contributed by atoms with Gasteiger partial charge in [-0.1, -0.05) is 0 Å². The van der Waals surface area contributed by atoms with Crippen LogP contribution in [0, 0.1) is 0 Å². The third kappa shape index (κ3) is 8.37. The SMILES string of the molecule is CC(=O)N[C@@H]1[C@@H](O)[C@H](O[C@H]2[C@@H](O)[C@H](O[C@H](CO)[C@H](O)CO)O[C@@H]2CO)O[C@H](C)[C@H]1O[C@H]1O[C@H](CO)[C@H](O)[C@H](O)[C@H]1NC(C)=O. The summed E-state index contributed by atoms with van der Waals surface area (Å²) in [5.74, 6) is -1.21. The van der Waals surface area contributed by atoms with E-state index in [9.17, 15) is 50.4 Å². The molecule has 19 nitrogen and oxygen atoms in total. The quantitative estimate of drug-likeness (QED) is 0.0887. The minimum Gasteiger partial charge on any atom is -0.394 e. The summed E-state index contributed by atoms with van der Waals surface area (Å²) in [6.07, 6.45) is -20.3. The van der Waals surface area contributed by atoms with Crippen LogP contribution in [0.2, 0.25) is 0 Å². The number of ether oxygens (including phenoxy) is 6. The zero-order valence-corrected chi connectivity index (χ0v) is 24.4. The molecule has 3 saturated heterocycles. The number of aliphatic hydroxyl groups is 9. The monoisotopic (exact) mass is 644 g/mol. The van der Waals surface area contributed by atoms with E-state index in [-0.39, 0.29) is 0 Å².